The van der Waals surface area contributed by atoms with Crippen LogP contribution in [0.3, 0.4) is 0 Å². The van der Waals surface area contributed by atoms with Crippen LogP contribution in [0.15, 0.2) is 6.33 Å². The zero-order valence-electron chi connectivity index (χ0n) is 13.1. The van der Waals surface area contributed by atoms with Gasteiger partial charge in [-0.25, -0.2) is 9.67 Å². The molecule has 110 valence electrons. The zero-order chi connectivity index (χ0) is 14.6. The second-order valence-corrected chi connectivity index (χ2v) is 6.79. The summed E-state index contributed by atoms with van der Waals surface area (Å²) in [7, 11) is 0. The molecule has 0 fully saturated rings. The van der Waals surface area contributed by atoms with Gasteiger partial charge >= 0.3 is 0 Å². The van der Waals surface area contributed by atoms with Gasteiger partial charge in [0.05, 0.1) is 0 Å². The van der Waals surface area contributed by atoms with Gasteiger partial charge < -0.3 is 0 Å². The van der Waals surface area contributed by atoms with Crippen LogP contribution in [0.2, 0.25) is 0 Å². The molecular weight excluding hydrogens is 238 g/mol. The second-order valence-electron chi connectivity index (χ2n) is 6.79. The van der Waals surface area contributed by atoms with Crippen LogP contribution in [0.25, 0.3) is 0 Å². The first-order valence-corrected chi connectivity index (χ1v) is 7.10. The molecule has 2 unspecified atom stereocenters. The Hall–Kier alpha value is -0.940. The Bertz CT molecular complexity index is 377. The number of rotatable bonds is 6. The fourth-order valence-electron chi connectivity index (χ4n) is 2.06. The largest absolute Gasteiger partial charge is 0.271 e. The van der Waals surface area contributed by atoms with Gasteiger partial charge in [-0.1, -0.05) is 27.7 Å². The Morgan fingerprint density at radius 3 is 2.42 bits per heavy atom. The highest BCUT2D eigenvalue weighted by Gasteiger charge is 2.24. The van der Waals surface area contributed by atoms with Crippen molar-refractivity contribution in [1.29, 1.82) is 0 Å². The summed E-state index contributed by atoms with van der Waals surface area (Å²) in [6, 6.07) is 0.562. The number of hydrogen-bond donors (Lipinski definition) is 2. The summed E-state index contributed by atoms with van der Waals surface area (Å²) in [4.78, 5) is 4.35. The van der Waals surface area contributed by atoms with Gasteiger partial charge in [0.1, 0.15) is 12.2 Å². The first-order valence-electron chi connectivity index (χ1n) is 7.10. The Morgan fingerprint density at radius 2 is 1.95 bits per heavy atom. The van der Waals surface area contributed by atoms with Crippen molar-refractivity contribution in [2.75, 3.05) is 0 Å². The lowest BCUT2D eigenvalue weighted by Crippen LogP contribution is -2.40. The third-order valence-electron chi connectivity index (χ3n) is 3.92. The Labute approximate surface area is 116 Å². The van der Waals surface area contributed by atoms with Crippen LogP contribution in [-0.2, 0) is 6.42 Å². The van der Waals surface area contributed by atoms with Crippen molar-refractivity contribution in [3.05, 3.63) is 12.2 Å². The van der Waals surface area contributed by atoms with Gasteiger partial charge in [0.15, 0.2) is 0 Å². The smallest absolute Gasteiger partial charge is 0.138 e. The van der Waals surface area contributed by atoms with E-state index in [1.54, 1.807) is 6.33 Å². The topological polar surface area (TPSA) is 68.8 Å². The van der Waals surface area contributed by atoms with E-state index in [0.29, 0.717) is 17.4 Å². The van der Waals surface area contributed by atoms with Crippen molar-refractivity contribution < 1.29 is 0 Å². The van der Waals surface area contributed by atoms with Gasteiger partial charge in [-0.2, -0.15) is 5.10 Å². The highest BCUT2D eigenvalue weighted by atomic mass is 15.3. The Balaban J connectivity index is 2.69. The van der Waals surface area contributed by atoms with Crippen LogP contribution in [0.4, 0.5) is 0 Å². The summed E-state index contributed by atoms with van der Waals surface area (Å²) >= 11 is 0. The van der Waals surface area contributed by atoms with Crippen LogP contribution in [0, 0.1) is 11.3 Å². The molecule has 0 aliphatic rings. The third-order valence-corrected chi connectivity index (χ3v) is 3.92. The molecule has 2 atom stereocenters. The quantitative estimate of drug-likeness (QED) is 0.613. The molecule has 1 heterocycles. The van der Waals surface area contributed by atoms with E-state index in [0.717, 1.165) is 18.7 Å². The lowest BCUT2D eigenvalue weighted by molar-refractivity contribution is 0.220. The second kappa shape index (κ2) is 6.48. The van der Waals surface area contributed by atoms with Gasteiger partial charge in [0, 0.05) is 18.5 Å². The SMILES string of the molecule is CC(C)n1ncnc1CC(CC(C)C(C)(C)C)NN. The molecule has 1 aromatic rings. The maximum absolute atomic E-state index is 5.70. The van der Waals surface area contributed by atoms with Crippen molar-refractivity contribution in [1.82, 2.24) is 20.2 Å². The lowest BCUT2D eigenvalue weighted by Gasteiger charge is -2.30. The minimum Gasteiger partial charge on any atom is -0.271 e. The predicted octanol–water partition coefficient (Wildman–Crippen LogP) is 2.31. The van der Waals surface area contributed by atoms with Gasteiger partial charge in [0.2, 0.25) is 0 Å². The molecular formula is C14H29N5. The highest BCUT2D eigenvalue weighted by molar-refractivity contribution is 4.92. The third kappa shape index (κ3) is 4.58. The lowest BCUT2D eigenvalue weighted by atomic mass is 9.78. The highest BCUT2D eigenvalue weighted by Crippen LogP contribution is 2.29. The molecule has 1 rings (SSSR count). The number of hydrogen-bond acceptors (Lipinski definition) is 4. The van der Waals surface area contributed by atoms with E-state index in [1.165, 1.54) is 0 Å². The van der Waals surface area contributed by atoms with Gasteiger partial charge in [-0.05, 0) is 31.6 Å². The van der Waals surface area contributed by atoms with Crippen LogP contribution in [0.5, 0.6) is 0 Å². The number of aromatic nitrogens is 3. The van der Waals surface area contributed by atoms with Crippen molar-refractivity contribution >= 4 is 0 Å². The first kappa shape index (κ1) is 16.1. The molecule has 19 heavy (non-hydrogen) atoms. The number of nitrogens with two attached hydrogens (primary N) is 1. The van der Waals surface area contributed by atoms with Gasteiger partial charge in [-0.15, -0.1) is 0 Å². The molecule has 0 saturated heterocycles. The molecule has 0 amide bonds. The number of nitrogens with zero attached hydrogens (tertiary/aromatic N) is 3. The summed E-state index contributed by atoms with van der Waals surface area (Å²) in [5.74, 6) is 7.29. The van der Waals surface area contributed by atoms with Crippen LogP contribution in [-0.4, -0.2) is 20.8 Å². The molecule has 0 aliphatic heterocycles. The predicted molar refractivity (Wildman–Crippen MR) is 78.5 cm³/mol. The molecule has 1 aromatic heterocycles. The fourth-order valence-corrected chi connectivity index (χ4v) is 2.06. The molecule has 0 saturated carbocycles. The zero-order valence-corrected chi connectivity index (χ0v) is 13.1. The molecule has 5 nitrogen and oxygen atoms in total. The van der Waals surface area contributed by atoms with E-state index in [9.17, 15) is 0 Å². The Kier molecular flexibility index (Phi) is 5.50. The molecule has 3 N–H and O–H groups in total. The average Bonchev–Trinajstić information content (AvgIpc) is 2.74. The summed E-state index contributed by atoms with van der Waals surface area (Å²) in [6.07, 6.45) is 3.47. The van der Waals surface area contributed by atoms with E-state index >= 15 is 0 Å². The molecule has 0 bridgehead atoms. The monoisotopic (exact) mass is 267 g/mol. The normalized spacial score (nSPS) is 15.8. The van der Waals surface area contributed by atoms with Crippen molar-refractivity contribution in [3.8, 4) is 0 Å². The van der Waals surface area contributed by atoms with E-state index in [4.69, 9.17) is 5.84 Å². The molecule has 5 heteroatoms. The molecule has 0 aromatic carbocycles. The van der Waals surface area contributed by atoms with E-state index in [-0.39, 0.29) is 6.04 Å². The van der Waals surface area contributed by atoms with Crippen molar-refractivity contribution in [3.63, 3.8) is 0 Å². The van der Waals surface area contributed by atoms with E-state index in [2.05, 4.69) is 57.1 Å². The number of nitrogens with one attached hydrogen (secondary N) is 1. The molecule has 0 aliphatic carbocycles. The van der Waals surface area contributed by atoms with Crippen LogP contribution >= 0.6 is 0 Å². The fraction of sp³-hybridized carbons (Fsp3) is 0.857. The maximum atomic E-state index is 5.70. The van der Waals surface area contributed by atoms with E-state index < -0.39 is 0 Å². The van der Waals surface area contributed by atoms with E-state index in [1.807, 2.05) is 4.68 Å². The minimum atomic E-state index is 0.232. The maximum Gasteiger partial charge on any atom is 0.138 e. The standard InChI is InChI=1S/C14H29N5/c1-10(2)19-13(16-9-17-19)8-12(18-15)7-11(3)14(4,5)6/h9-12,18H,7-8,15H2,1-6H3. The summed E-state index contributed by atoms with van der Waals surface area (Å²) in [6.45, 7) is 13.3. The van der Waals surface area contributed by atoms with Crippen LogP contribution < -0.4 is 11.3 Å². The molecule has 0 spiro atoms. The summed E-state index contributed by atoms with van der Waals surface area (Å²) in [5.41, 5.74) is 3.22. The Morgan fingerprint density at radius 1 is 1.32 bits per heavy atom. The van der Waals surface area contributed by atoms with Crippen LogP contribution in [0.1, 0.15) is 59.8 Å². The van der Waals surface area contributed by atoms with Gasteiger partial charge in [0.25, 0.3) is 0 Å². The van der Waals surface area contributed by atoms with Crippen molar-refractivity contribution in [2.45, 2.75) is 66.5 Å². The average molecular weight is 267 g/mol. The van der Waals surface area contributed by atoms with Gasteiger partial charge in [-0.3, -0.25) is 11.3 Å². The minimum absolute atomic E-state index is 0.232. The summed E-state index contributed by atoms with van der Waals surface area (Å²) in [5, 5.41) is 4.27. The number of hydrazine groups is 1. The molecule has 0 radical (unpaired) electrons. The van der Waals surface area contributed by atoms with Crippen molar-refractivity contribution in [2.24, 2.45) is 17.2 Å². The summed E-state index contributed by atoms with van der Waals surface area (Å²) < 4.78 is 1.96. The first-order chi connectivity index (χ1) is 8.75.